The standard InChI is InChI=1S/C16H20Cl2F3N3O/c1-10(11-2-3-12(17)13(18)8-11)15(25)23-9-14(16(19,20)21)24-6-4-22-5-7-24/h2-3,8,10,14,22H,4-7,9H2,1H3,(H,23,25). The molecular formula is C16H20Cl2F3N3O. The van der Waals surface area contributed by atoms with Crippen LogP contribution in [0, 0.1) is 0 Å². The van der Waals surface area contributed by atoms with Crippen LogP contribution in [0.15, 0.2) is 18.2 Å². The van der Waals surface area contributed by atoms with Crippen molar-refractivity contribution in [1.82, 2.24) is 15.5 Å². The molecule has 2 unspecified atom stereocenters. The molecule has 2 atom stereocenters. The van der Waals surface area contributed by atoms with Gasteiger partial charge in [0, 0.05) is 32.7 Å². The third-order valence-corrected chi connectivity index (χ3v) is 5.02. The van der Waals surface area contributed by atoms with Crippen molar-refractivity contribution in [2.75, 3.05) is 32.7 Å². The molecule has 9 heteroatoms. The molecule has 0 bridgehead atoms. The highest BCUT2D eigenvalue weighted by atomic mass is 35.5. The van der Waals surface area contributed by atoms with Crippen LogP contribution in [0.1, 0.15) is 18.4 Å². The number of nitrogens with one attached hydrogen (secondary N) is 2. The van der Waals surface area contributed by atoms with Gasteiger partial charge < -0.3 is 10.6 Å². The van der Waals surface area contributed by atoms with E-state index in [2.05, 4.69) is 10.6 Å². The lowest BCUT2D eigenvalue weighted by Gasteiger charge is -2.36. The molecule has 1 aliphatic heterocycles. The highest BCUT2D eigenvalue weighted by Gasteiger charge is 2.43. The van der Waals surface area contributed by atoms with Crippen LogP contribution >= 0.6 is 23.2 Å². The van der Waals surface area contributed by atoms with Gasteiger partial charge in [0.1, 0.15) is 6.04 Å². The Balaban J connectivity index is 2.00. The van der Waals surface area contributed by atoms with E-state index in [-0.39, 0.29) is 0 Å². The molecule has 0 saturated carbocycles. The van der Waals surface area contributed by atoms with E-state index >= 15 is 0 Å². The van der Waals surface area contributed by atoms with Crippen molar-refractivity contribution in [3.63, 3.8) is 0 Å². The molecule has 2 rings (SSSR count). The summed E-state index contributed by atoms with van der Waals surface area (Å²) in [6.45, 7) is 2.72. The Morgan fingerprint density at radius 1 is 1.28 bits per heavy atom. The number of carbonyl (C=O) groups is 1. The summed E-state index contributed by atoms with van der Waals surface area (Å²) in [7, 11) is 0. The summed E-state index contributed by atoms with van der Waals surface area (Å²) in [5.41, 5.74) is 0.595. The molecule has 1 aliphatic rings. The largest absolute Gasteiger partial charge is 0.405 e. The smallest absolute Gasteiger partial charge is 0.354 e. The van der Waals surface area contributed by atoms with Crippen LogP contribution in [0.3, 0.4) is 0 Å². The topological polar surface area (TPSA) is 44.4 Å². The van der Waals surface area contributed by atoms with Crippen LogP contribution in [0.2, 0.25) is 10.0 Å². The zero-order valence-corrected chi connectivity index (χ0v) is 15.2. The van der Waals surface area contributed by atoms with Gasteiger partial charge in [-0.15, -0.1) is 0 Å². The summed E-state index contributed by atoms with van der Waals surface area (Å²) in [6.07, 6.45) is -4.41. The van der Waals surface area contributed by atoms with Crippen molar-refractivity contribution in [1.29, 1.82) is 0 Å². The fraction of sp³-hybridized carbons (Fsp3) is 0.562. The van der Waals surface area contributed by atoms with E-state index in [9.17, 15) is 18.0 Å². The van der Waals surface area contributed by atoms with Crippen LogP contribution < -0.4 is 10.6 Å². The third kappa shape index (κ3) is 5.48. The van der Waals surface area contributed by atoms with E-state index in [0.29, 0.717) is 41.8 Å². The lowest BCUT2D eigenvalue weighted by atomic mass is 10.0. The Labute approximate surface area is 154 Å². The number of alkyl halides is 3. The number of halogens is 5. The molecule has 2 N–H and O–H groups in total. The molecule has 1 amide bonds. The molecule has 0 aromatic heterocycles. The van der Waals surface area contributed by atoms with Gasteiger partial charge >= 0.3 is 6.18 Å². The quantitative estimate of drug-likeness (QED) is 0.802. The van der Waals surface area contributed by atoms with Crippen molar-refractivity contribution in [3.05, 3.63) is 33.8 Å². The Kier molecular flexibility index (Phi) is 6.96. The summed E-state index contributed by atoms with van der Waals surface area (Å²) in [5.74, 6) is -1.12. The number of piperazine rings is 1. The summed E-state index contributed by atoms with van der Waals surface area (Å²) >= 11 is 11.8. The molecule has 0 spiro atoms. The third-order valence-electron chi connectivity index (χ3n) is 4.28. The maximum absolute atomic E-state index is 13.3. The van der Waals surface area contributed by atoms with Crippen molar-refractivity contribution >= 4 is 29.1 Å². The second kappa shape index (κ2) is 8.58. The highest BCUT2D eigenvalue weighted by Crippen LogP contribution is 2.27. The average Bonchev–Trinajstić information content (AvgIpc) is 2.56. The average molecular weight is 398 g/mol. The lowest BCUT2D eigenvalue weighted by Crippen LogP contribution is -2.57. The summed E-state index contributed by atoms with van der Waals surface area (Å²) in [4.78, 5) is 13.6. The van der Waals surface area contributed by atoms with Crippen molar-refractivity contribution in [3.8, 4) is 0 Å². The van der Waals surface area contributed by atoms with Gasteiger partial charge in [-0.2, -0.15) is 13.2 Å². The minimum absolute atomic E-state index is 0.294. The van der Waals surface area contributed by atoms with Crippen LogP contribution in [0.25, 0.3) is 0 Å². The Morgan fingerprint density at radius 2 is 1.92 bits per heavy atom. The SMILES string of the molecule is CC(C(=O)NCC(N1CCNCC1)C(F)(F)F)c1ccc(Cl)c(Cl)c1. The second-order valence-electron chi connectivity index (χ2n) is 5.98. The minimum atomic E-state index is -4.41. The molecule has 1 aromatic carbocycles. The van der Waals surface area contributed by atoms with E-state index in [4.69, 9.17) is 23.2 Å². The van der Waals surface area contributed by atoms with Gasteiger partial charge in [0.15, 0.2) is 0 Å². The van der Waals surface area contributed by atoms with Gasteiger partial charge in [-0.3, -0.25) is 9.69 Å². The summed E-state index contributed by atoms with van der Waals surface area (Å²) in [5, 5.41) is 6.09. The first-order valence-electron chi connectivity index (χ1n) is 7.94. The molecule has 1 saturated heterocycles. The number of hydrogen-bond donors (Lipinski definition) is 2. The molecule has 0 radical (unpaired) electrons. The van der Waals surface area contributed by atoms with E-state index < -0.39 is 30.6 Å². The Morgan fingerprint density at radius 3 is 2.48 bits per heavy atom. The number of hydrogen-bond acceptors (Lipinski definition) is 3. The molecule has 4 nitrogen and oxygen atoms in total. The molecular weight excluding hydrogens is 378 g/mol. The van der Waals surface area contributed by atoms with Gasteiger partial charge in [-0.1, -0.05) is 29.3 Å². The van der Waals surface area contributed by atoms with Gasteiger partial charge in [0.25, 0.3) is 0 Å². The molecule has 140 valence electrons. The second-order valence-corrected chi connectivity index (χ2v) is 6.80. The number of amides is 1. The highest BCUT2D eigenvalue weighted by molar-refractivity contribution is 6.42. The maximum atomic E-state index is 13.3. The molecule has 1 aromatic rings. The number of nitrogens with zero attached hydrogens (tertiary/aromatic N) is 1. The van der Waals surface area contributed by atoms with Gasteiger partial charge in [0.2, 0.25) is 5.91 Å². The predicted octanol–water partition coefficient (Wildman–Crippen LogP) is 3.05. The van der Waals surface area contributed by atoms with Crippen LogP contribution in [-0.2, 0) is 4.79 Å². The van der Waals surface area contributed by atoms with Crippen molar-refractivity contribution in [2.24, 2.45) is 0 Å². The number of benzene rings is 1. The van der Waals surface area contributed by atoms with Crippen LogP contribution in [-0.4, -0.2) is 55.7 Å². The number of carbonyl (C=O) groups excluding carboxylic acids is 1. The van der Waals surface area contributed by atoms with Crippen molar-refractivity contribution < 1.29 is 18.0 Å². The van der Waals surface area contributed by atoms with Gasteiger partial charge in [-0.05, 0) is 24.6 Å². The normalized spacial score (nSPS) is 18.6. The first kappa shape index (κ1) is 20.3. The monoisotopic (exact) mass is 397 g/mol. The van der Waals surface area contributed by atoms with Gasteiger partial charge in [-0.25, -0.2) is 0 Å². The minimum Gasteiger partial charge on any atom is -0.354 e. The zero-order valence-electron chi connectivity index (χ0n) is 13.7. The number of rotatable bonds is 5. The van der Waals surface area contributed by atoms with Crippen LogP contribution in [0.4, 0.5) is 13.2 Å². The van der Waals surface area contributed by atoms with E-state index in [1.54, 1.807) is 25.1 Å². The lowest BCUT2D eigenvalue weighted by molar-refractivity contribution is -0.184. The van der Waals surface area contributed by atoms with Gasteiger partial charge in [0.05, 0.1) is 16.0 Å². The molecule has 25 heavy (non-hydrogen) atoms. The summed E-state index contributed by atoms with van der Waals surface area (Å²) in [6, 6.07) is 3.05. The first-order valence-corrected chi connectivity index (χ1v) is 8.70. The fourth-order valence-corrected chi connectivity index (χ4v) is 3.04. The van der Waals surface area contributed by atoms with E-state index in [0.717, 1.165) is 0 Å². The van der Waals surface area contributed by atoms with E-state index in [1.807, 2.05) is 0 Å². The Bertz CT molecular complexity index is 607. The predicted molar refractivity (Wildman–Crippen MR) is 92.2 cm³/mol. The van der Waals surface area contributed by atoms with Crippen molar-refractivity contribution in [2.45, 2.75) is 25.1 Å². The summed E-state index contributed by atoms with van der Waals surface area (Å²) < 4.78 is 40.0. The molecule has 0 aliphatic carbocycles. The first-order chi connectivity index (χ1) is 11.7. The molecule has 1 fully saturated rings. The molecule has 1 heterocycles. The Hall–Kier alpha value is -1.02. The van der Waals surface area contributed by atoms with E-state index in [1.165, 1.54) is 4.90 Å². The van der Waals surface area contributed by atoms with Crippen LogP contribution in [0.5, 0.6) is 0 Å². The maximum Gasteiger partial charge on any atom is 0.405 e. The zero-order chi connectivity index (χ0) is 18.6. The fourth-order valence-electron chi connectivity index (χ4n) is 2.73.